The number of rotatable bonds is 19. The predicted molar refractivity (Wildman–Crippen MR) is 278 cm³/mol. The molecule has 15 nitrogen and oxygen atoms in total. The minimum Gasteiger partial charge on any atom is -0.476 e. The molecule has 378 valence electrons. The second kappa shape index (κ2) is 21.9. The van der Waals surface area contributed by atoms with E-state index < -0.39 is 18.1 Å². The Morgan fingerprint density at radius 3 is 2.39 bits per heavy atom. The van der Waals surface area contributed by atoms with Crippen molar-refractivity contribution in [2.45, 2.75) is 121 Å². The van der Waals surface area contributed by atoms with E-state index in [4.69, 9.17) is 18.7 Å². The number of nitrogens with one attached hydrogen (secondary N) is 1. The molecule has 2 N–H and O–H groups in total. The molecule has 2 aromatic carbocycles. The van der Waals surface area contributed by atoms with E-state index >= 15 is 0 Å². The van der Waals surface area contributed by atoms with Gasteiger partial charge in [0.1, 0.15) is 18.1 Å². The Kier molecular flexibility index (Phi) is 15.0. The molecule has 72 heavy (non-hydrogen) atoms. The number of hydrogen-bond donors (Lipinski definition) is 2. The number of thiazole rings is 1. The maximum absolute atomic E-state index is 14.2. The molecule has 2 amide bonds. The summed E-state index contributed by atoms with van der Waals surface area (Å²) in [5.74, 6) is -0.0482. The lowest BCUT2D eigenvalue weighted by Gasteiger charge is -2.39. The zero-order valence-electron chi connectivity index (χ0n) is 41.9. The number of β-amino-alcohol motifs (C(OH)–C–C–N with tert-alkyl or cyclic N) is 1. The molecule has 0 unspecified atom stereocenters. The van der Waals surface area contributed by atoms with Gasteiger partial charge in [-0.2, -0.15) is 0 Å². The molecular weight excluding hydrogens is 929 g/mol. The van der Waals surface area contributed by atoms with Gasteiger partial charge in [0.25, 0.3) is 5.88 Å². The summed E-state index contributed by atoms with van der Waals surface area (Å²) in [5.41, 5.74) is 9.35. The number of aliphatic hydroxyl groups is 1. The lowest BCUT2D eigenvalue weighted by atomic mass is 9.91. The number of nitrogens with zero attached hydrogens (tertiary/aromatic N) is 7. The van der Waals surface area contributed by atoms with Crippen LogP contribution in [0.2, 0.25) is 0 Å². The zero-order valence-corrected chi connectivity index (χ0v) is 42.7. The number of hydrogen-bond acceptors (Lipinski definition) is 13. The highest BCUT2D eigenvalue weighted by Gasteiger charge is 2.44. The lowest BCUT2D eigenvalue weighted by molar-refractivity contribution is -0.141. The van der Waals surface area contributed by atoms with Crippen LogP contribution < -0.4 is 14.8 Å². The maximum Gasteiger partial charge on any atom is 0.254 e. The highest BCUT2D eigenvalue weighted by Crippen LogP contribution is 2.36. The van der Waals surface area contributed by atoms with Gasteiger partial charge in [0.2, 0.25) is 17.7 Å². The first-order chi connectivity index (χ1) is 34.9. The van der Waals surface area contributed by atoms with Gasteiger partial charge in [-0.1, -0.05) is 50.2 Å². The van der Waals surface area contributed by atoms with Crippen LogP contribution in [0.3, 0.4) is 0 Å². The summed E-state index contributed by atoms with van der Waals surface area (Å²) in [5, 5.41) is 20.3. The average Bonchev–Trinajstić information content (AvgIpc) is 4.18. The Hall–Kier alpha value is -6.20. The molecule has 7 aromatic rings. The molecule has 0 bridgehead atoms. The summed E-state index contributed by atoms with van der Waals surface area (Å²) in [6, 6.07) is 21.3. The summed E-state index contributed by atoms with van der Waals surface area (Å²) in [4.78, 5) is 46.3. The third kappa shape index (κ3) is 10.9. The zero-order chi connectivity index (χ0) is 49.9. The molecule has 16 heteroatoms. The molecule has 2 aliphatic heterocycles. The van der Waals surface area contributed by atoms with Crippen LogP contribution in [0, 0.1) is 12.8 Å². The van der Waals surface area contributed by atoms with Crippen molar-refractivity contribution in [3.63, 3.8) is 0 Å². The van der Waals surface area contributed by atoms with Crippen molar-refractivity contribution < 1.29 is 33.4 Å². The van der Waals surface area contributed by atoms with Crippen LogP contribution in [-0.4, -0.2) is 115 Å². The number of carbonyl (C=O) groups is 2. The van der Waals surface area contributed by atoms with E-state index in [0.717, 1.165) is 103 Å². The van der Waals surface area contributed by atoms with Crippen LogP contribution in [0.4, 0.5) is 0 Å². The summed E-state index contributed by atoms with van der Waals surface area (Å²) in [7, 11) is 2.10. The van der Waals surface area contributed by atoms with Crippen LogP contribution >= 0.6 is 11.3 Å². The highest BCUT2D eigenvalue weighted by molar-refractivity contribution is 7.13. The smallest absolute Gasteiger partial charge is 0.254 e. The Balaban J connectivity index is 0.606. The number of aryl methyl sites for hydroxylation is 2. The summed E-state index contributed by atoms with van der Waals surface area (Å²) in [6.07, 6.45) is 12.5. The van der Waals surface area contributed by atoms with Crippen LogP contribution in [0.25, 0.3) is 43.4 Å². The molecule has 5 aromatic heterocycles. The molecule has 7 heterocycles. The molecule has 0 radical (unpaired) electrons. The lowest BCUT2D eigenvalue weighted by Crippen LogP contribution is -2.48. The minimum atomic E-state index is -0.811. The second-order valence-corrected chi connectivity index (χ2v) is 21.1. The number of fused-ring (bicyclic) bond motifs is 3. The van der Waals surface area contributed by atoms with Crippen molar-refractivity contribution in [2.75, 3.05) is 32.8 Å². The fraction of sp³-hybridized carbons (Fsp3) is 0.464. The van der Waals surface area contributed by atoms with Gasteiger partial charge in [-0.3, -0.25) is 14.6 Å². The van der Waals surface area contributed by atoms with Crippen LogP contribution in [-0.2, 0) is 21.4 Å². The van der Waals surface area contributed by atoms with E-state index in [2.05, 4.69) is 72.3 Å². The third-order valence-corrected chi connectivity index (χ3v) is 15.9. The minimum absolute atomic E-state index is 0.0684. The predicted octanol–water partition coefficient (Wildman–Crippen LogP) is 9.43. The van der Waals surface area contributed by atoms with Crippen LogP contribution in [0.15, 0.2) is 95.4 Å². The van der Waals surface area contributed by atoms with Gasteiger partial charge < -0.3 is 43.5 Å². The fourth-order valence-corrected chi connectivity index (χ4v) is 11.5. The number of carbonyl (C=O) groups excluding carboxylic acids is 2. The quantitative estimate of drug-likeness (QED) is 0.0738. The largest absolute Gasteiger partial charge is 0.476 e. The Morgan fingerprint density at radius 1 is 0.847 bits per heavy atom. The first kappa shape index (κ1) is 49.4. The molecule has 3 fully saturated rings. The van der Waals surface area contributed by atoms with Crippen LogP contribution in [0.1, 0.15) is 101 Å². The van der Waals surface area contributed by atoms with Crippen molar-refractivity contribution in [2.24, 2.45) is 13.0 Å². The molecule has 2 saturated heterocycles. The van der Waals surface area contributed by atoms with E-state index in [9.17, 15) is 14.7 Å². The van der Waals surface area contributed by atoms with Gasteiger partial charge in [0.05, 0.1) is 52.6 Å². The maximum atomic E-state index is 14.2. The number of likely N-dealkylation sites (tertiary alicyclic amines) is 2. The van der Waals surface area contributed by atoms with Crippen molar-refractivity contribution in [3.8, 4) is 33.3 Å². The Labute approximate surface area is 424 Å². The first-order valence-corrected chi connectivity index (χ1v) is 26.6. The molecule has 3 aliphatic rings. The number of aromatic nitrogens is 5. The van der Waals surface area contributed by atoms with E-state index in [1.807, 2.05) is 82.1 Å². The number of amides is 2. The molecule has 1 saturated carbocycles. The van der Waals surface area contributed by atoms with Gasteiger partial charge in [-0.25, -0.2) is 9.97 Å². The van der Waals surface area contributed by atoms with Gasteiger partial charge in [-0.15, -0.1) is 11.3 Å². The van der Waals surface area contributed by atoms with Gasteiger partial charge in [-0.05, 0) is 98.5 Å². The van der Waals surface area contributed by atoms with Crippen molar-refractivity contribution in [1.82, 2.24) is 39.8 Å². The summed E-state index contributed by atoms with van der Waals surface area (Å²) < 4.78 is 26.6. The Bertz CT molecular complexity index is 2960. The number of pyridine rings is 2. The number of unbranched alkanes of at least 4 members (excludes halogenated alkanes) is 2. The Morgan fingerprint density at radius 2 is 1.64 bits per heavy atom. The standard InChI is InChI=1S/C56H66N8O7S/c1-34(2)53(56(67)64-32-41(65)26-49(64)55(66)60-35(3)37-9-11-38(12-10-37)54-36(4)59-33-72-54)50-29-52(61-71-50)68-24-8-6-7-21-63-22-18-42(19-23-63)69-43-27-44(28-43)70-51-16-14-40(30-58-51)39-13-15-45-46-31-57-20-17-47(46)62(5)48(45)25-39/h9-17,20,25,29-31,33-35,41-44,49,53,65H,6-8,18-19,21-24,26-28,32H2,1-5H3,(H,60,66)/t35-,41+,43-,44-,49-,53+/m0/s1. The van der Waals surface area contributed by atoms with Crippen molar-refractivity contribution in [3.05, 3.63) is 108 Å². The SMILES string of the molecule is Cc1ncsc1-c1ccc([C@H](C)NC(=O)[C@@H]2C[C@@H](O)CN2C(=O)[C@@H](c2cc(OCCCCCN3CCC(O[C@H]4C[C@H](Oc5ccc(-c6ccc7c8cnccc8n(C)c7c6)cn5)C4)CC3)no2)C(C)C)cc1. The molecule has 1 aliphatic carbocycles. The van der Waals surface area contributed by atoms with Crippen LogP contribution in [0.5, 0.6) is 11.8 Å². The van der Waals surface area contributed by atoms with E-state index in [-0.39, 0.29) is 55.1 Å². The van der Waals surface area contributed by atoms with Crippen molar-refractivity contribution >= 4 is 45.0 Å². The van der Waals surface area contributed by atoms with E-state index in [1.54, 1.807) is 17.4 Å². The number of aliphatic hydroxyl groups excluding tert-OH is 1. The fourth-order valence-electron chi connectivity index (χ4n) is 10.7. The molecular formula is C56H66N8O7S. The molecule has 10 rings (SSSR count). The number of piperidine rings is 1. The number of ether oxygens (including phenoxy) is 3. The molecule has 4 atom stereocenters. The normalized spacial score (nSPS) is 20.5. The summed E-state index contributed by atoms with van der Waals surface area (Å²) >= 11 is 1.60. The summed E-state index contributed by atoms with van der Waals surface area (Å²) in [6.45, 7) is 11.5. The van der Waals surface area contributed by atoms with Gasteiger partial charge in [0.15, 0.2) is 5.76 Å². The van der Waals surface area contributed by atoms with Gasteiger partial charge >= 0.3 is 0 Å². The average molecular weight is 995 g/mol. The molecule has 0 spiro atoms. The number of benzene rings is 2. The first-order valence-electron chi connectivity index (χ1n) is 25.7. The topological polar surface area (TPSA) is 170 Å². The van der Waals surface area contributed by atoms with E-state index in [0.29, 0.717) is 24.1 Å². The third-order valence-electron chi connectivity index (χ3n) is 14.9. The van der Waals surface area contributed by atoms with Crippen molar-refractivity contribution in [1.29, 1.82) is 0 Å². The monoisotopic (exact) mass is 994 g/mol. The second-order valence-electron chi connectivity index (χ2n) is 20.3. The highest BCUT2D eigenvalue weighted by atomic mass is 32.1. The van der Waals surface area contributed by atoms with E-state index in [1.165, 1.54) is 21.3 Å². The van der Waals surface area contributed by atoms with Gasteiger partial charge in [0, 0.05) is 98.5 Å².